The van der Waals surface area contributed by atoms with Gasteiger partial charge in [0.2, 0.25) is 0 Å². The molecule has 2 amide bonds. The summed E-state index contributed by atoms with van der Waals surface area (Å²) in [4.78, 5) is 30.2. The van der Waals surface area contributed by atoms with Gasteiger partial charge in [0.15, 0.2) is 0 Å². The molecule has 1 aromatic heterocycles. The molecule has 1 aromatic carbocycles. The Kier molecular flexibility index (Phi) is 5.87. The molecule has 1 heterocycles. The number of amides is 2. The fraction of sp³-hybridized carbons (Fsp3) is 0.278. The van der Waals surface area contributed by atoms with Gasteiger partial charge in [0, 0.05) is 29.7 Å². The van der Waals surface area contributed by atoms with Crippen LogP contribution >= 0.6 is 11.3 Å². The first-order valence-corrected chi connectivity index (χ1v) is 8.56. The Morgan fingerprint density at radius 2 is 1.96 bits per heavy atom. The fourth-order valence-corrected chi connectivity index (χ4v) is 2.82. The minimum Gasteiger partial charge on any atom is -0.331 e. The van der Waals surface area contributed by atoms with E-state index in [-0.39, 0.29) is 0 Å². The zero-order valence-electron chi connectivity index (χ0n) is 14.1. The lowest BCUT2D eigenvalue weighted by molar-refractivity contribution is -0.142. The van der Waals surface area contributed by atoms with Crippen LogP contribution in [-0.4, -0.2) is 34.8 Å². The van der Waals surface area contributed by atoms with Crippen molar-refractivity contribution in [2.75, 3.05) is 18.4 Å². The molecule has 6 heteroatoms. The number of hydrogen-bond donors (Lipinski definition) is 1. The van der Waals surface area contributed by atoms with Crippen LogP contribution in [-0.2, 0) is 9.59 Å². The van der Waals surface area contributed by atoms with Crippen molar-refractivity contribution in [3.63, 3.8) is 0 Å². The summed E-state index contributed by atoms with van der Waals surface area (Å²) in [5, 5.41) is 5.63. The van der Waals surface area contributed by atoms with E-state index < -0.39 is 11.8 Å². The second-order valence-electron chi connectivity index (χ2n) is 5.56. The number of carbonyl (C=O) groups excluding carboxylic acids is 2. The number of anilines is 1. The topological polar surface area (TPSA) is 62.3 Å². The number of nitrogens with zero attached hydrogens (tertiary/aromatic N) is 2. The summed E-state index contributed by atoms with van der Waals surface area (Å²) in [6.45, 7) is 10.2. The maximum Gasteiger partial charge on any atom is 0.313 e. The SMILES string of the molecule is C=C(C)CN(CC)C(=O)C(=O)Nc1ccc(-c2csc(C)n2)cc1. The average molecular weight is 343 g/mol. The first-order chi connectivity index (χ1) is 11.4. The van der Waals surface area contributed by atoms with Gasteiger partial charge in [-0.15, -0.1) is 11.3 Å². The second-order valence-corrected chi connectivity index (χ2v) is 6.62. The Bertz CT molecular complexity index is 750. The molecular weight excluding hydrogens is 322 g/mol. The van der Waals surface area contributed by atoms with E-state index in [1.165, 1.54) is 4.90 Å². The van der Waals surface area contributed by atoms with Gasteiger partial charge in [-0.3, -0.25) is 9.59 Å². The third-order valence-corrected chi connectivity index (χ3v) is 4.16. The zero-order chi connectivity index (χ0) is 17.7. The van der Waals surface area contributed by atoms with E-state index in [1.807, 2.05) is 38.3 Å². The molecule has 0 unspecified atom stereocenters. The van der Waals surface area contributed by atoms with Gasteiger partial charge >= 0.3 is 11.8 Å². The van der Waals surface area contributed by atoms with Crippen molar-refractivity contribution in [3.8, 4) is 11.3 Å². The van der Waals surface area contributed by atoms with Crippen molar-refractivity contribution < 1.29 is 9.59 Å². The highest BCUT2D eigenvalue weighted by Crippen LogP contribution is 2.23. The molecule has 0 spiro atoms. The molecule has 0 aliphatic rings. The Hall–Kier alpha value is -2.47. The highest BCUT2D eigenvalue weighted by molar-refractivity contribution is 7.09. The number of aromatic nitrogens is 1. The number of hydrogen-bond acceptors (Lipinski definition) is 4. The molecule has 0 atom stereocenters. The number of aryl methyl sites for hydroxylation is 1. The summed E-state index contributed by atoms with van der Waals surface area (Å²) in [7, 11) is 0. The molecule has 2 rings (SSSR count). The van der Waals surface area contributed by atoms with E-state index in [0.717, 1.165) is 21.8 Å². The van der Waals surface area contributed by atoms with Crippen LogP contribution in [0.15, 0.2) is 41.8 Å². The molecule has 0 saturated carbocycles. The van der Waals surface area contributed by atoms with Crippen LogP contribution in [0.3, 0.4) is 0 Å². The van der Waals surface area contributed by atoms with E-state index in [4.69, 9.17) is 0 Å². The van der Waals surface area contributed by atoms with Crippen molar-refractivity contribution in [2.45, 2.75) is 20.8 Å². The molecule has 0 bridgehead atoms. The summed E-state index contributed by atoms with van der Waals surface area (Å²) in [6.07, 6.45) is 0. The van der Waals surface area contributed by atoms with E-state index in [0.29, 0.717) is 18.8 Å². The molecule has 0 fully saturated rings. The molecule has 0 saturated heterocycles. The Morgan fingerprint density at radius 1 is 1.29 bits per heavy atom. The van der Waals surface area contributed by atoms with Crippen LogP contribution in [0.4, 0.5) is 5.69 Å². The van der Waals surface area contributed by atoms with Crippen LogP contribution < -0.4 is 5.32 Å². The first-order valence-electron chi connectivity index (χ1n) is 7.68. The van der Waals surface area contributed by atoms with Crippen LogP contribution in [0, 0.1) is 6.92 Å². The number of rotatable bonds is 5. The van der Waals surface area contributed by atoms with Crippen LogP contribution in [0.25, 0.3) is 11.3 Å². The number of benzene rings is 1. The van der Waals surface area contributed by atoms with Crippen molar-refractivity contribution in [2.24, 2.45) is 0 Å². The quantitative estimate of drug-likeness (QED) is 0.668. The molecule has 1 N–H and O–H groups in total. The predicted molar refractivity (Wildman–Crippen MR) is 98.0 cm³/mol. The molecule has 2 aromatic rings. The van der Waals surface area contributed by atoms with E-state index in [9.17, 15) is 9.59 Å². The highest BCUT2D eigenvalue weighted by atomic mass is 32.1. The Morgan fingerprint density at radius 3 is 2.46 bits per heavy atom. The predicted octanol–water partition coefficient (Wildman–Crippen LogP) is 3.48. The number of carbonyl (C=O) groups is 2. The van der Waals surface area contributed by atoms with Crippen LogP contribution in [0.2, 0.25) is 0 Å². The van der Waals surface area contributed by atoms with Gasteiger partial charge in [-0.1, -0.05) is 24.3 Å². The van der Waals surface area contributed by atoms with Crippen molar-refractivity contribution in [1.29, 1.82) is 0 Å². The third-order valence-electron chi connectivity index (χ3n) is 3.38. The molecule has 5 nitrogen and oxygen atoms in total. The third kappa shape index (κ3) is 4.52. The maximum atomic E-state index is 12.2. The lowest BCUT2D eigenvalue weighted by Crippen LogP contribution is -2.40. The van der Waals surface area contributed by atoms with Crippen molar-refractivity contribution in [3.05, 3.63) is 46.8 Å². The number of likely N-dealkylation sites (N-methyl/N-ethyl adjacent to an activating group) is 1. The highest BCUT2D eigenvalue weighted by Gasteiger charge is 2.20. The average Bonchev–Trinajstić information content (AvgIpc) is 2.99. The second kappa shape index (κ2) is 7.88. The smallest absolute Gasteiger partial charge is 0.313 e. The van der Waals surface area contributed by atoms with Gasteiger partial charge in [-0.2, -0.15) is 0 Å². The van der Waals surface area contributed by atoms with E-state index in [1.54, 1.807) is 23.5 Å². The lowest BCUT2D eigenvalue weighted by Gasteiger charge is -2.20. The van der Waals surface area contributed by atoms with Gasteiger partial charge in [-0.05, 0) is 32.9 Å². The molecule has 0 aliphatic carbocycles. The molecule has 0 aliphatic heterocycles. The summed E-state index contributed by atoms with van der Waals surface area (Å²) >= 11 is 1.59. The molecular formula is C18H21N3O2S. The van der Waals surface area contributed by atoms with E-state index in [2.05, 4.69) is 16.9 Å². The zero-order valence-corrected chi connectivity index (χ0v) is 14.9. The minimum atomic E-state index is -0.643. The van der Waals surface area contributed by atoms with Crippen LogP contribution in [0.1, 0.15) is 18.9 Å². The number of thiazole rings is 1. The molecule has 0 radical (unpaired) electrons. The van der Waals surface area contributed by atoms with Crippen molar-refractivity contribution in [1.82, 2.24) is 9.88 Å². The Labute approximate surface area is 146 Å². The first kappa shape index (κ1) is 17.9. The van der Waals surface area contributed by atoms with Crippen LogP contribution in [0.5, 0.6) is 0 Å². The molecule has 24 heavy (non-hydrogen) atoms. The van der Waals surface area contributed by atoms with Gasteiger partial charge < -0.3 is 10.2 Å². The summed E-state index contributed by atoms with van der Waals surface area (Å²) in [5.41, 5.74) is 3.29. The Balaban J connectivity index is 2.03. The van der Waals surface area contributed by atoms with E-state index >= 15 is 0 Å². The number of nitrogens with one attached hydrogen (secondary N) is 1. The maximum absolute atomic E-state index is 12.2. The minimum absolute atomic E-state index is 0.380. The summed E-state index contributed by atoms with van der Waals surface area (Å²) in [5.74, 6) is -1.20. The monoisotopic (exact) mass is 343 g/mol. The largest absolute Gasteiger partial charge is 0.331 e. The molecule has 126 valence electrons. The van der Waals surface area contributed by atoms with Gasteiger partial charge in [0.05, 0.1) is 10.7 Å². The lowest BCUT2D eigenvalue weighted by atomic mass is 10.1. The standard InChI is InChI=1S/C18H21N3O2S/c1-5-21(10-12(2)3)18(23)17(22)20-15-8-6-14(7-9-15)16-11-24-13(4)19-16/h6-9,11H,2,5,10H2,1,3-4H3,(H,20,22). The summed E-state index contributed by atoms with van der Waals surface area (Å²) < 4.78 is 0. The van der Waals surface area contributed by atoms with Gasteiger partial charge in [0.1, 0.15) is 0 Å². The van der Waals surface area contributed by atoms with Crippen molar-refractivity contribution >= 4 is 28.8 Å². The fourth-order valence-electron chi connectivity index (χ4n) is 2.20. The van der Waals surface area contributed by atoms with Gasteiger partial charge in [-0.25, -0.2) is 4.98 Å². The van der Waals surface area contributed by atoms with Gasteiger partial charge in [0.25, 0.3) is 0 Å². The normalized spacial score (nSPS) is 10.3. The summed E-state index contributed by atoms with van der Waals surface area (Å²) in [6, 6.07) is 7.29.